The number of nitrogens with two attached hydrogens (primary N) is 1. The van der Waals surface area contributed by atoms with Gasteiger partial charge in [0.1, 0.15) is 12.4 Å². The lowest BCUT2D eigenvalue weighted by atomic mass is 10.1. The topological polar surface area (TPSA) is 161 Å². The van der Waals surface area contributed by atoms with Crippen LogP contribution in [0, 0.1) is 13.8 Å². The average Bonchev–Trinajstić information content (AvgIpc) is 3.34. The van der Waals surface area contributed by atoms with Crippen LogP contribution < -0.4 is 16.0 Å². The number of ketones is 1. The standard InChI is InChI=1S/C27H32N5O7P/c1-18-4-7-20(8-5-18)15-38-40(35,39-16-22(33)21-9-6-19(2)23(14-21)36-3)13-12-37-11-10-32-17-29-24-25(32)30-27(28)31-26(24)34/h4-9,14,17H,10-13,15-16H2,1-3H3,(H3,28,30,31,34). The molecule has 0 spiro atoms. The lowest BCUT2D eigenvalue weighted by Crippen LogP contribution is -2.15. The van der Waals surface area contributed by atoms with E-state index in [1.54, 1.807) is 22.8 Å². The summed E-state index contributed by atoms with van der Waals surface area (Å²) in [6, 6.07) is 12.7. The average molecular weight is 570 g/mol. The summed E-state index contributed by atoms with van der Waals surface area (Å²) >= 11 is 0. The van der Waals surface area contributed by atoms with E-state index in [1.165, 1.54) is 13.4 Å². The number of aromatic nitrogens is 4. The number of fused-ring (bicyclic) bond motifs is 1. The van der Waals surface area contributed by atoms with Crippen LogP contribution in [0.2, 0.25) is 0 Å². The maximum absolute atomic E-state index is 13.6. The van der Waals surface area contributed by atoms with Crippen LogP contribution in [-0.2, 0) is 31.5 Å². The number of nitrogen functional groups attached to an aromatic ring is 1. The van der Waals surface area contributed by atoms with Gasteiger partial charge in [0.05, 0.1) is 39.4 Å². The number of Topliss-reactive ketones (excluding diaryl/α,β-unsaturated/α-hetero) is 1. The lowest BCUT2D eigenvalue weighted by molar-refractivity contribution is 0.0885. The summed E-state index contributed by atoms with van der Waals surface area (Å²) in [6.45, 7) is 4.04. The second kappa shape index (κ2) is 13.0. The second-order valence-corrected chi connectivity index (χ2v) is 11.3. The van der Waals surface area contributed by atoms with Crippen LogP contribution in [0.1, 0.15) is 27.0 Å². The molecule has 12 nitrogen and oxygen atoms in total. The van der Waals surface area contributed by atoms with Crippen molar-refractivity contribution < 1.29 is 27.9 Å². The molecule has 0 fully saturated rings. The Balaban J connectivity index is 1.37. The first kappa shape index (κ1) is 29.2. The van der Waals surface area contributed by atoms with Crippen LogP contribution in [0.4, 0.5) is 5.95 Å². The van der Waals surface area contributed by atoms with Crippen LogP contribution >= 0.6 is 7.60 Å². The van der Waals surface area contributed by atoms with Gasteiger partial charge in [-0.2, -0.15) is 4.98 Å². The summed E-state index contributed by atoms with van der Waals surface area (Å²) in [4.78, 5) is 35.3. The summed E-state index contributed by atoms with van der Waals surface area (Å²) in [6.07, 6.45) is 1.40. The van der Waals surface area contributed by atoms with Crippen LogP contribution in [0.25, 0.3) is 11.2 Å². The number of aryl methyl sites for hydroxylation is 2. The number of imidazole rings is 1. The van der Waals surface area contributed by atoms with Crippen molar-refractivity contribution in [1.82, 2.24) is 19.5 Å². The number of anilines is 1. The van der Waals surface area contributed by atoms with E-state index < -0.39 is 19.8 Å². The molecule has 2 heterocycles. The van der Waals surface area contributed by atoms with Gasteiger partial charge in [0.15, 0.2) is 16.9 Å². The summed E-state index contributed by atoms with van der Waals surface area (Å²) in [5, 5.41) is 0. The Labute approximate surface area is 231 Å². The Kier molecular flexibility index (Phi) is 9.49. The number of hydrogen-bond donors (Lipinski definition) is 2. The van der Waals surface area contributed by atoms with Crippen molar-refractivity contribution in [2.45, 2.75) is 27.0 Å². The molecule has 0 aliphatic carbocycles. The predicted molar refractivity (Wildman–Crippen MR) is 150 cm³/mol. The largest absolute Gasteiger partial charge is 0.496 e. The number of benzene rings is 2. The van der Waals surface area contributed by atoms with E-state index >= 15 is 0 Å². The molecule has 4 aromatic rings. The molecule has 0 amide bonds. The molecule has 0 aliphatic rings. The minimum absolute atomic E-state index is 0.0115. The maximum Gasteiger partial charge on any atom is 0.333 e. The molecular weight excluding hydrogens is 537 g/mol. The molecule has 4 rings (SSSR count). The number of methoxy groups -OCH3 is 1. The van der Waals surface area contributed by atoms with Gasteiger partial charge in [-0.3, -0.25) is 19.1 Å². The highest BCUT2D eigenvalue weighted by Crippen LogP contribution is 2.48. The molecule has 1 unspecified atom stereocenters. The van der Waals surface area contributed by atoms with Crippen molar-refractivity contribution in [1.29, 1.82) is 0 Å². The number of ether oxygens (including phenoxy) is 2. The summed E-state index contributed by atoms with van der Waals surface area (Å²) in [7, 11) is -2.19. The van der Waals surface area contributed by atoms with Gasteiger partial charge in [-0.05, 0) is 31.0 Å². The number of H-pyrrole nitrogens is 1. The number of aromatic amines is 1. The van der Waals surface area contributed by atoms with E-state index in [1.807, 2.05) is 38.1 Å². The van der Waals surface area contributed by atoms with Gasteiger partial charge in [-0.1, -0.05) is 42.0 Å². The molecule has 0 saturated heterocycles. The number of rotatable bonds is 14. The molecule has 40 heavy (non-hydrogen) atoms. The third-order valence-electron chi connectivity index (χ3n) is 6.15. The number of nitrogens with one attached hydrogen (secondary N) is 1. The molecule has 0 bridgehead atoms. The zero-order valence-corrected chi connectivity index (χ0v) is 23.5. The minimum atomic E-state index is -3.72. The molecule has 2 aromatic carbocycles. The number of carbonyl (C=O) groups is 1. The van der Waals surface area contributed by atoms with E-state index in [2.05, 4.69) is 15.0 Å². The van der Waals surface area contributed by atoms with Gasteiger partial charge >= 0.3 is 7.60 Å². The van der Waals surface area contributed by atoms with Crippen LogP contribution in [-0.4, -0.2) is 58.4 Å². The molecule has 1 atom stereocenters. The van der Waals surface area contributed by atoms with Gasteiger partial charge in [0.25, 0.3) is 5.56 Å². The minimum Gasteiger partial charge on any atom is -0.496 e. The highest BCUT2D eigenvalue weighted by molar-refractivity contribution is 7.53. The van der Waals surface area contributed by atoms with Crippen molar-refractivity contribution in [2.75, 3.05) is 38.8 Å². The van der Waals surface area contributed by atoms with Gasteiger partial charge in [0, 0.05) is 12.1 Å². The van der Waals surface area contributed by atoms with E-state index in [9.17, 15) is 14.2 Å². The van der Waals surface area contributed by atoms with Crippen LogP contribution in [0.3, 0.4) is 0 Å². The van der Waals surface area contributed by atoms with Crippen molar-refractivity contribution in [2.24, 2.45) is 0 Å². The SMILES string of the molecule is COc1cc(C(=O)COP(=O)(CCOCCn2cnc3c(=O)[nH]c(N)nc32)OCc2ccc(C)cc2)ccc1C. The molecule has 0 aliphatic heterocycles. The van der Waals surface area contributed by atoms with E-state index in [0.717, 1.165) is 16.7 Å². The summed E-state index contributed by atoms with van der Waals surface area (Å²) in [5.74, 6) is 0.209. The fourth-order valence-electron chi connectivity index (χ4n) is 3.83. The molecule has 0 saturated carbocycles. The number of hydrogen-bond acceptors (Lipinski definition) is 10. The van der Waals surface area contributed by atoms with E-state index in [0.29, 0.717) is 23.5 Å². The quantitative estimate of drug-likeness (QED) is 0.130. The van der Waals surface area contributed by atoms with Crippen molar-refractivity contribution >= 4 is 30.5 Å². The van der Waals surface area contributed by atoms with Crippen molar-refractivity contribution in [3.05, 3.63) is 81.4 Å². The summed E-state index contributed by atoms with van der Waals surface area (Å²) < 4.78 is 37.6. The molecule has 212 valence electrons. The smallest absolute Gasteiger partial charge is 0.333 e. The van der Waals surface area contributed by atoms with E-state index in [-0.39, 0.29) is 43.2 Å². The Morgan fingerprint density at radius 3 is 2.62 bits per heavy atom. The third-order valence-corrected chi connectivity index (χ3v) is 7.93. The highest BCUT2D eigenvalue weighted by Gasteiger charge is 2.26. The predicted octanol–water partition coefficient (Wildman–Crippen LogP) is 3.65. The number of carbonyl (C=O) groups excluding carboxylic acids is 1. The Bertz CT molecular complexity index is 1580. The van der Waals surface area contributed by atoms with Crippen molar-refractivity contribution in [3.63, 3.8) is 0 Å². The molecular formula is C27H32N5O7P. The molecule has 0 radical (unpaired) electrons. The lowest BCUT2D eigenvalue weighted by Gasteiger charge is -2.19. The second-order valence-electron chi connectivity index (χ2n) is 9.15. The first-order valence-electron chi connectivity index (χ1n) is 12.6. The Morgan fingerprint density at radius 1 is 1.10 bits per heavy atom. The zero-order valence-electron chi connectivity index (χ0n) is 22.6. The van der Waals surface area contributed by atoms with Gasteiger partial charge in [-0.15, -0.1) is 0 Å². The first-order chi connectivity index (χ1) is 19.2. The Morgan fingerprint density at radius 2 is 1.88 bits per heavy atom. The zero-order chi connectivity index (χ0) is 28.7. The van der Waals surface area contributed by atoms with Gasteiger partial charge in [0.2, 0.25) is 5.95 Å². The number of nitrogens with zero attached hydrogens (tertiary/aromatic N) is 3. The van der Waals surface area contributed by atoms with E-state index in [4.69, 9.17) is 24.3 Å². The van der Waals surface area contributed by atoms with Gasteiger partial charge in [-0.25, -0.2) is 4.98 Å². The molecule has 3 N–H and O–H groups in total. The normalized spacial score (nSPS) is 12.9. The Hall–Kier alpha value is -3.83. The summed E-state index contributed by atoms with van der Waals surface area (Å²) in [5.41, 5.74) is 8.89. The molecule has 2 aromatic heterocycles. The first-order valence-corrected chi connectivity index (χ1v) is 14.3. The molecule has 13 heteroatoms. The fourth-order valence-corrected chi connectivity index (χ4v) is 5.18. The third kappa shape index (κ3) is 7.42. The van der Waals surface area contributed by atoms with Crippen molar-refractivity contribution in [3.8, 4) is 5.75 Å². The van der Waals surface area contributed by atoms with Gasteiger partial charge < -0.3 is 28.8 Å². The monoisotopic (exact) mass is 569 g/mol. The maximum atomic E-state index is 13.6. The van der Waals surface area contributed by atoms with Crippen LogP contribution in [0.15, 0.2) is 53.6 Å². The fraction of sp³-hybridized carbons (Fsp3) is 0.333. The van der Waals surface area contributed by atoms with Crippen LogP contribution in [0.5, 0.6) is 5.75 Å². The highest BCUT2D eigenvalue weighted by atomic mass is 31.2.